The summed E-state index contributed by atoms with van der Waals surface area (Å²) in [5.41, 5.74) is 8.48. The highest BCUT2D eigenvalue weighted by molar-refractivity contribution is 6.33. The second-order valence-electron chi connectivity index (χ2n) is 7.01. The lowest BCUT2D eigenvalue weighted by Crippen LogP contribution is -2.33. The second kappa shape index (κ2) is 10.8. The minimum absolute atomic E-state index is 0.159. The molecule has 2 heterocycles. The van der Waals surface area contributed by atoms with Gasteiger partial charge >= 0.3 is 6.09 Å². The van der Waals surface area contributed by atoms with Gasteiger partial charge in [-0.3, -0.25) is 14.7 Å². The Kier molecular flexibility index (Phi) is 7.92. The SMILES string of the molecule is CC(=O)NCC1CN(c2ccc(-c3cccnc3)c(Cl)c2)C(=O)O1.Nc1cccc(Cl)c1. The molecule has 166 valence electrons. The summed E-state index contributed by atoms with van der Waals surface area (Å²) in [4.78, 5) is 28.6. The molecule has 7 nitrogen and oxygen atoms in total. The molecule has 1 unspecified atom stereocenters. The summed E-state index contributed by atoms with van der Waals surface area (Å²) in [6.45, 7) is 2.08. The van der Waals surface area contributed by atoms with Crippen LogP contribution in [-0.2, 0) is 9.53 Å². The van der Waals surface area contributed by atoms with E-state index < -0.39 is 6.09 Å². The zero-order valence-corrected chi connectivity index (χ0v) is 18.8. The van der Waals surface area contributed by atoms with Gasteiger partial charge in [-0.2, -0.15) is 0 Å². The zero-order valence-electron chi connectivity index (χ0n) is 17.3. The summed E-state index contributed by atoms with van der Waals surface area (Å²) in [6.07, 6.45) is 2.60. The number of carbonyl (C=O) groups excluding carboxylic acids is 2. The van der Waals surface area contributed by atoms with E-state index >= 15 is 0 Å². The third kappa shape index (κ3) is 6.35. The molecule has 2 aromatic carbocycles. The van der Waals surface area contributed by atoms with Crippen LogP contribution in [0.5, 0.6) is 0 Å². The van der Waals surface area contributed by atoms with Crippen LogP contribution < -0.4 is 16.0 Å². The van der Waals surface area contributed by atoms with Crippen molar-refractivity contribution in [2.24, 2.45) is 0 Å². The molecule has 1 aliphatic rings. The Balaban J connectivity index is 0.000000305. The molecule has 0 radical (unpaired) electrons. The molecule has 0 aliphatic carbocycles. The standard InChI is InChI=1S/C17H16ClN3O3.C6H6ClN/c1-11(22)20-9-14-10-21(17(23)24-14)13-4-5-15(16(18)7-13)12-3-2-6-19-8-12;7-5-2-1-3-6(8)4-5/h2-8,14H,9-10H2,1H3,(H,20,22);1-4H,8H2. The highest BCUT2D eigenvalue weighted by atomic mass is 35.5. The van der Waals surface area contributed by atoms with Crippen molar-refractivity contribution in [3.05, 3.63) is 77.0 Å². The first-order chi connectivity index (χ1) is 15.3. The molecule has 2 amide bonds. The van der Waals surface area contributed by atoms with Gasteiger partial charge in [0.15, 0.2) is 0 Å². The van der Waals surface area contributed by atoms with Crippen molar-refractivity contribution in [1.29, 1.82) is 0 Å². The number of hydrogen-bond acceptors (Lipinski definition) is 5. The number of halogens is 2. The Bertz CT molecular complexity index is 1080. The fraction of sp³-hybridized carbons (Fsp3) is 0.174. The van der Waals surface area contributed by atoms with E-state index in [4.69, 9.17) is 33.7 Å². The number of carbonyl (C=O) groups is 2. The van der Waals surface area contributed by atoms with Crippen molar-refractivity contribution < 1.29 is 14.3 Å². The Morgan fingerprint density at radius 1 is 1.22 bits per heavy atom. The molecule has 1 aromatic heterocycles. The Hall–Kier alpha value is -3.29. The number of ether oxygens (including phenoxy) is 1. The summed E-state index contributed by atoms with van der Waals surface area (Å²) in [7, 11) is 0. The summed E-state index contributed by atoms with van der Waals surface area (Å²) in [5, 5.41) is 3.86. The van der Waals surface area contributed by atoms with Gasteiger partial charge in [-0.05, 0) is 36.4 Å². The number of rotatable bonds is 4. The van der Waals surface area contributed by atoms with Crippen molar-refractivity contribution in [2.45, 2.75) is 13.0 Å². The molecule has 1 fully saturated rings. The predicted octanol–water partition coefficient (Wildman–Crippen LogP) is 4.79. The van der Waals surface area contributed by atoms with E-state index in [1.54, 1.807) is 36.7 Å². The molecule has 1 aliphatic heterocycles. The van der Waals surface area contributed by atoms with Crippen LogP contribution in [0.25, 0.3) is 11.1 Å². The van der Waals surface area contributed by atoms with Crippen LogP contribution in [0.1, 0.15) is 6.92 Å². The van der Waals surface area contributed by atoms with Crippen molar-refractivity contribution >= 4 is 46.6 Å². The maximum Gasteiger partial charge on any atom is 0.414 e. The predicted molar refractivity (Wildman–Crippen MR) is 127 cm³/mol. The molecule has 0 bridgehead atoms. The lowest BCUT2D eigenvalue weighted by molar-refractivity contribution is -0.119. The molecule has 32 heavy (non-hydrogen) atoms. The minimum Gasteiger partial charge on any atom is -0.442 e. The van der Waals surface area contributed by atoms with Crippen LogP contribution in [0.3, 0.4) is 0 Å². The van der Waals surface area contributed by atoms with Gasteiger partial charge in [0, 0.05) is 46.8 Å². The van der Waals surface area contributed by atoms with E-state index in [0.29, 0.717) is 34.5 Å². The molecule has 0 spiro atoms. The first-order valence-corrected chi connectivity index (χ1v) is 10.5. The number of cyclic esters (lactones) is 1. The molecular weight excluding hydrogens is 451 g/mol. The highest BCUT2D eigenvalue weighted by Crippen LogP contribution is 2.32. The van der Waals surface area contributed by atoms with Gasteiger partial charge in [-0.15, -0.1) is 0 Å². The topological polar surface area (TPSA) is 97.5 Å². The minimum atomic E-state index is -0.449. The summed E-state index contributed by atoms with van der Waals surface area (Å²) < 4.78 is 5.25. The smallest absolute Gasteiger partial charge is 0.414 e. The van der Waals surface area contributed by atoms with Crippen LogP contribution in [0.4, 0.5) is 16.2 Å². The average molecular weight is 473 g/mol. The number of aromatic nitrogens is 1. The van der Waals surface area contributed by atoms with Gasteiger partial charge in [0.1, 0.15) is 6.10 Å². The van der Waals surface area contributed by atoms with Crippen molar-refractivity contribution in [3.63, 3.8) is 0 Å². The van der Waals surface area contributed by atoms with Gasteiger partial charge in [0.2, 0.25) is 5.91 Å². The molecule has 1 atom stereocenters. The third-order valence-corrected chi connectivity index (χ3v) is 5.09. The van der Waals surface area contributed by atoms with Crippen LogP contribution in [0.15, 0.2) is 67.0 Å². The maximum absolute atomic E-state index is 12.0. The number of hydrogen-bond donors (Lipinski definition) is 2. The van der Waals surface area contributed by atoms with Gasteiger partial charge < -0.3 is 15.8 Å². The maximum atomic E-state index is 12.0. The lowest BCUT2D eigenvalue weighted by Gasteiger charge is -2.15. The average Bonchev–Trinajstić information content (AvgIpc) is 3.14. The largest absolute Gasteiger partial charge is 0.442 e. The van der Waals surface area contributed by atoms with Gasteiger partial charge in [0.05, 0.1) is 18.1 Å². The number of nitrogens with one attached hydrogen (secondary N) is 1. The first kappa shape index (κ1) is 23.4. The van der Waals surface area contributed by atoms with Gasteiger partial charge in [-0.1, -0.05) is 41.4 Å². The molecule has 1 saturated heterocycles. The number of anilines is 2. The number of pyridine rings is 1. The molecule has 3 aromatic rings. The van der Waals surface area contributed by atoms with E-state index in [0.717, 1.165) is 11.1 Å². The van der Waals surface area contributed by atoms with Crippen molar-refractivity contribution in [1.82, 2.24) is 10.3 Å². The molecule has 0 saturated carbocycles. The van der Waals surface area contributed by atoms with Crippen LogP contribution in [0, 0.1) is 0 Å². The summed E-state index contributed by atoms with van der Waals surface area (Å²) in [5.74, 6) is -0.159. The number of nitrogen functional groups attached to an aromatic ring is 1. The van der Waals surface area contributed by atoms with Crippen molar-refractivity contribution in [3.8, 4) is 11.1 Å². The number of nitrogens with zero attached hydrogens (tertiary/aromatic N) is 2. The Morgan fingerprint density at radius 3 is 2.62 bits per heavy atom. The summed E-state index contributed by atoms with van der Waals surface area (Å²) in [6, 6.07) is 16.3. The first-order valence-electron chi connectivity index (χ1n) is 9.77. The van der Waals surface area contributed by atoms with E-state index in [9.17, 15) is 9.59 Å². The van der Waals surface area contributed by atoms with Gasteiger partial charge in [-0.25, -0.2) is 4.79 Å². The third-order valence-electron chi connectivity index (χ3n) is 4.54. The van der Waals surface area contributed by atoms with E-state index in [-0.39, 0.29) is 12.0 Å². The normalized spacial score (nSPS) is 14.9. The second-order valence-corrected chi connectivity index (χ2v) is 7.86. The molecule has 3 N–H and O–H groups in total. The highest BCUT2D eigenvalue weighted by Gasteiger charge is 2.32. The quantitative estimate of drug-likeness (QED) is 0.532. The molecule has 4 rings (SSSR count). The number of nitrogens with two attached hydrogens (primary N) is 1. The molecular formula is C23H22Cl2N4O3. The Morgan fingerprint density at radius 2 is 2.03 bits per heavy atom. The van der Waals surface area contributed by atoms with Crippen molar-refractivity contribution in [2.75, 3.05) is 23.7 Å². The van der Waals surface area contributed by atoms with E-state index in [1.807, 2.05) is 30.3 Å². The zero-order chi connectivity index (χ0) is 23.1. The fourth-order valence-corrected chi connectivity index (χ4v) is 3.51. The van der Waals surface area contributed by atoms with Gasteiger partial charge in [0.25, 0.3) is 0 Å². The Labute approximate surface area is 196 Å². The van der Waals surface area contributed by atoms with Crippen LogP contribution in [0.2, 0.25) is 10.0 Å². The number of amides is 2. The van der Waals surface area contributed by atoms with E-state index in [1.165, 1.54) is 11.8 Å². The van der Waals surface area contributed by atoms with E-state index in [2.05, 4.69) is 10.3 Å². The van der Waals surface area contributed by atoms with Crippen LogP contribution in [-0.4, -0.2) is 36.2 Å². The summed E-state index contributed by atoms with van der Waals surface area (Å²) >= 11 is 11.9. The monoisotopic (exact) mass is 472 g/mol. The lowest BCUT2D eigenvalue weighted by atomic mass is 10.1. The fourth-order valence-electron chi connectivity index (χ4n) is 3.03. The van der Waals surface area contributed by atoms with Crippen LogP contribution >= 0.6 is 23.2 Å². The molecule has 9 heteroatoms. The number of benzene rings is 2.